The number of rotatable bonds is 2. The fourth-order valence-corrected chi connectivity index (χ4v) is 1.18. The largest absolute Gasteiger partial charge is 0.481 e. The standard InChI is InChI=1S/C9H10O4.CH3NO2/c1-9(8(12)13)4-2-3-6(5-9)7(10)11;2-1(3)4/h2-4H,5H2,1H3,(H,10,11)(H,12,13);2H2,(H,3,4). The highest BCUT2D eigenvalue weighted by Gasteiger charge is 2.34. The van der Waals surface area contributed by atoms with E-state index in [1.807, 2.05) is 0 Å². The predicted octanol–water partition coefficient (Wildman–Crippen LogP) is 0.671. The number of hydrogen-bond donors (Lipinski definition) is 4. The van der Waals surface area contributed by atoms with Gasteiger partial charge in [-0.05, 0) is 13.3 Å². The fourth-order valence-electron chi connectivity index (χ4n) is 1.18. The third-order valence-corrected chi connectivity index (χ3v) is 2.08. The van der Waals surface area contributed by atoms with Crippen LogP contribution in [-0.2, 0) is 9.59 Å². The van der Waals surface area contributed by atoms with Gasteiger partial charge in [0.25, 0.3) is 0 Å². The Morgan fingerprint density at radius 2 is 1.76 bits per heavy atom. The first-order valence-electron chi connectivity index (χ1n) is 4.52. The van der Waals surface area contributed by atoms with E-state index < -0.39 is 23.4 Å². The maximum absolute atomic E-state index is 10.8. The lowest BCUT2D eigenvalue weighted by Gasteiger charge is -2.23. The highest BCUT2D eigenvalue weighted by Crippen LogP contribution is 2.31. The van der Waals surface area contributed by atoms with Crippen LogP contribution in [0.2, 0.25) is 0 Å². The van der Waals surface area contributed by atoms with Crippen LogP contribution in [0.5, 0.6) is 0 Å². The highest BCUT2D eigenvalue weighted by molar-refractivity contribution is 5.90. The number of carboxylic acids is 2. The molecule has 0 spiro atoms. The first kappa shape index (κ1) is 14.7. The molecule has 0 heterocycles. The van der Waals surface area contributed by atoms with Crippen molar-refractivity contribution in [2.45, 2.75) is 13.3 Å². The summed E-state index contributed by atoms with van der Waals surface area (Å²) in [4.78, 5) is 30.1. The maximum atomic E-state index is 10.8. The summed E-state index contributed by atoms with van der Waals surface area (Å²) >= 11 is 0. The van der Waals surface area contributed by atoms with Crippen LogP contribution in [0.1, 0.15) is 13.3 Å². The maximum Gasteiger partial charge on any atom is 0.402 e. The Labute approximate surface area is 96.9 Å². The number of carboxylic acid groups (broad SMARTS) is 3. The van der Waals surface area contributed by atoms with Gasteiger partial charge in [-0.3, -0.25) is 4.79 Å². The molecule has 7 heteroatoms. The third-order valence-electron chi connectivity index (χ3n) is 2.08. The average Bonchev–Trinajstić information content (AvgIpc) is 2.16. The van der Waals surface area contributed by atoms with Gasteiger partial charge in [-0.15, -0.1) is 0 Å². The quantitative estimate of drug-likeness (QED) is 0.562. The molecule has 0 aromatic heterocycles. The Morgan fingerprint density at radius 1 is 1.29 bits per heavy atom. The van der Waals surface area contributed by atoms with Gasteiger partial charge in [0.2, 0.25) is 0 Å². The Kier molecular flexibility index (Phi) is 4.91. The molecule has 0 saturated heterocycles. The van der Waals surface area contributed by atoms with Crippen molar-refractivity contribution in [1.82, 2.24) is 0 Å². The van der Waals surface area contributed by atoms with E-state index >= 15 is 0 Å². The second kappa shape index (κ2) is 5.69. The monoisotopic (exact) mass is 243 g/mol. The minimum atomic E-state index is -1.33. The van der Waals surface area contributed by atoms with Gasteiger partial charge in [0.15, 0.2) is 0 Å². The molecule has 94 valence electrons. The molecule has 17 heavy (non-hydrogen) atoms. The normalized spacial score (nSPS) is 21.8. The molecule has 1 aliphatic carbocycles. The van der Waals surface area contributed by atoms with Gasteiger partial charge in [-0.2, -0.15) is 0 Å². The fraction of sp³-hybridized carbons (Fsp3) is 0.300. The van der Waals surface area contributed by atoms with Crippen molar-refractivity contribution in [3.8, 4) is 0 Å². The molecule has 0 saturated carbocycles. The van der Waals surface area contributed by atoms with Gasteiger partial charge >= 0.3 is 18.0 Å². The van der Waals surface area contributed by atoms with Crippen LogP contribution in [0.3, 0.4) is 0 Å². The summed E-state index contributed by atoms with van der Waals surface area (Å²) in [5.41, 5.74) is 3.08. The van der Waals surface area contributed by atoms with Crippen LogP contribution in [0, 0.1) is 5.41 Å². The minimum absolute atomic E-state index is 0.0359. The molecule has 5 N–H and O–H groups in total. The number of nitrogens with two attached hydrogens (primary N) is 1. The van der Waals surface area contributed by atoms with E-state index in [0.29, 0.717) is 0 Å². The van der Waals surface area contributed by atoms with Crippen molar-refractivity contribution in [1.29, 1.82) is 0 Å². The lowest BCUT2D eigenvalue weighted by molar-refractivity contribution is -0.145. The van der Waals surface area contributed by atoms with Crippen molar-refractivity contribution >= 4 is 18.0 Å². The third kappa shape index (κ3) is 4.83. The molecule has 1 atom stereocenters. The van der Waals surface area contributed by atoms with Crippen LogP contribution in [0.4, 0.5) is 4.79 Å². The molecule has 0 radical (unpaired) electrons. The summed E-state index contributed by atoms with van der Waals surface area (Å²) in [5.74, 6) is -2.06. The molecular weight excluding hydrogens is 230 g/mol. The molecular formula is C10H13NO6. The number of aliphatic carboxylic acids is 2. The highest BCUT2D eigenvalue weighted by atomic mass is 16.4. The van der Waals surface area contributed by atoms with E-state index in [0.717, 1.165) is 0 Å². The van der Waals surface area contributed by atoms with Crippen LogP contribution >= 0.6 is 0 Å². The number of amides is 1. The van der Waals surface area contributed by atoms with E-state index in [1.54, 1.807) is 0 Å². The summed E-state index contributed by atoms with van der Waals surface area (Å²) < 4.78 is 0. The van der Waals surface area contributed by atoms with E-state index in [9.17, 15) is 9.59 Å². The molecule has 1 aliphatic rings. The summed E-state index contributed by atoms with van der Waals surface area (Å²) in [6.07, 6.45) is 3.10. The Balaban J connectivity index is 0.000000557. The Morgan fingerprint density at radius 3 is 2.12 bits per heavy atom. The molecule has 1 rings (SSSR count). The summed E-state index contributed by atoms with van der Waals surface area (Å²) in [6.45, 7) is 1.50. The summed E-state index contributed by atoms with van der Waals surface area (Å²) in [7, 11) is 0. The van der Waals surface area contributed by atoms with E-state index in [-0.39, 0.29) is 12.0 Å². The number of hydrogen-bond acceptors (Lipinski definition) is 3. The first-order valence-corrected chi connectivity index (χ1v) is 4.52. The van der Waals surface area contributed by atoms with Gasteiger partial charge in [-0.1, -0.05) is 18.2 Å². The molecule has 7 nitrogen and oxygen atoms in total. The lowest BCUT2D eigenvalue weighted by atomic mass is 9.80. The van der Waals surface area contributed by atoms with Gasteiger partial charge in [0.1, 0.15) is 0 Å². The molecule has 1 unspecified atom stereocenters. The molecule has 1 amide bonds. The van der Waals surface area contributed by atoms with Crippen molar-refractivity contribution in [3.63, 3.8) is 0 Å². The van der Waals surface area contributed by atoms with Gasteiger partial charge in [0, 0.05) is 5.57 Å². The topological polar surface area (TPSA) is 138 Å². The Bertz CT molecular complexity index is 394. The SMILES string of the molecule is CC1(C(=O)O)C=CC=C(C(=O)O)C1.NC(=O)O. The molecule has 0 aliphatic heterocycles. The van der Waals surface area contributed by atoms with Crippen LogP contribution < -0.4 is 5.73 Å². The molecule has 0 bridgehead atoms. The van der Waals surface area contributed by atoms with E-state index in [2.05, 4.69) is 5.73 Å². The first-order chi connectivity index (χ1) is 7.69. The lowest BCUT2D eigenvalue weighted by Crippen LogP contribution is -2.28. The van der Waals surface area contributed by atoms with Crippen LogP contribution in [0.25, 0.3) is 0 Å². The zero-order chi connectivity index (χ0) is 13.6. The summed E-state index contributed by atoms with van der Waals surface area (Å²) in [6, 6.07) is 0. The molecule has 0 fully saturated rings. The van der Waals surface area contributed by atoms with Crippen molar-refractivity contribution in [2.24, 2.45) is 11.1 Å². The van der Waals surface area contributed by atoms with E-state index in [4.69, 9.17) is 20.1 Å². The van der Waals surface area contributed by atoms with Gasteiger partial charge in [-0.25, -0.2) is 9.59 Å². The second-order valence-electron chi connectivity index (χ2n) is 3.59. The predicted molar refractivity (Wildman–Crippen MR) is 57.4 cm³/mol. The number of allylic oxidation sites excluding steroid dienone is 2. The van der Waals surface area contributed by atoms with Gasteiger partial charge < -0.3 is 21.1 Å². The summed E-state index contributed by atoms with van der Waals surface area (Å²) in [5, 5.41) is 24.7. The number of primary amides is 1. The number of carbonyl (C=O) groups is 3. The van der Waals surface area contributed by atoms with Crippen molar-refractivity contribution in [3.05, 3.63) is 23.8 Å². The van der Waals surface area contributed by atoms with Crippen LogP contribution in [0.15, 0.2) is 23.8 Å². The minimum Gasteiger partial charge on any atom is -0.481 e. The average molecular weight is 243 g/mol. The van der Waals surface area contributed by atoms with Gasteiger partial charge in [0.05, 0.1) is 5.41 Å². The zero-order valence-corrected chi connectivity index (χ0v) is 9.08. The van der Waals surface area contributed by atoms with Crippen LogP contribution in [-0.4, -0.2) is 33.4 Å². The van der Waals surface area contributed by atoms with Crippen molar-refractivity contribution in [2.75, 3.05) is 0 Å². The molecule has 0 aromatic rings. The second-order valence-corrected chi connectivity index (χ2v) is 3.59. The van der Waals surface area contributed by atoms with E-state index in [1.165, 1.54) is 25.2 Å². The molecule has 0 aromatic carbocycles. The Hall–Kier alpha value is -2.31. The zero-order valence-electron chi connectivity index (χ0n) is 9.08. The van der Waals surface area contributed by atoms with Crippen molar-refractivity contribution < 1.29 is 29.7 Å². The smallest absolute Gasteiger partial charge is 0.402 e.